The van der Waals surface area contributed by atoms with Crippen molar-refractivity contribution in [2.24, 2.45) is 0 Å². The van der Waals surface area contributed by atoms with Crippen LogP contribution in [0.5, 0.6) is 0 Å². The topological polar surface area (TPSA) is 35.5 Å². The van der Waals surface area contributed by atoms with E-state index in [0.29, 0.717) is 36.6 Å². The van der Waals surface area contributed by atoms with Crippen LogP contribution in [0.25, 0.3) is 0 Å². The van der Waals surface area contributed by atoms with Gasteiger partial charge in [-0.3, -0.25) is 4.79 Å². The van der Waals surface area contributed by atoms with Crippen LogP contribution in [0.1, 0.15) is 23.2 Å². The number of hydrogen-bond acceptors (Lipinski definition) is 3. The maximum absolute atomic E-state index is 11.8. The molecule has 86 valence electrons. The van der Waals surface area contributed by atoms with E-state index in [2.05, 4.69) is 0 Å². The Hall–Kier alpha value is -0.900. The Morgan fingerprint density at radius 2 is 1.88 bits per heavy atom. The first kappa shape index (κ1) is 11.6. The summed E-state index contributed by atoms with van der Waals surface area (Å²) in [6, 6.07) is 6.91. The summed E-state index contributed by atoms with van der Waals surface area (Å²) < 4.78 is 10.5. The predicted molar refractivity (Wildman–Crippen MR) is 60.7 cm³/mol. The van der Waals surface area contributed by atoms with Gasteiger partial charge in [0, 0.05) is 23.4 Å². The van der Waals surface area contributed by atoms with Gasteiger partial charge in [-0.2, -0.15) is 0 Å². The summed E-state index contributed by atoms with van der Waals surface area (Å²) in [5.41, 5.74) is 0.683. The predicted octanol–water partition coefficient (Wildman–Crippen LogP) is 2.68. The molecular formula is C12H13ClO3. The minimum atomic E-state index is -0.212. The van der Waals surface area contributed by atoms with Crippen LogP contribution in [-0.2, 0) is 9.47 Å². The van der Waals surface area contributed by atoms with Gasteiger partial charge >= 0.3 is 0 Å². The van der Waals surface area contributed by atoms with Crippen molar-refractivity contribution < 1.29 is 14.3 Å². The van der Waals surface area contributed by atoms with Crippen LogP contribution in [0, 0.1) is 0 Å². The van der Waals surface area contributed by atoms with E-state index in [1.54, 1.807) is 24.3 Å². The van der Waals surface area contributed by atoms with Gasteiger partial charge in [-0.25, -0.2) is 0 Å². The quantitative estimate of drug-likeness (QED) is 0.759. The number of rotatable bonds is 4. The van der Waals surface area contributed by atoms with Crippen LogP contribution in [0.15, 0.2) is 24.3 Å². The molecule has 0 aliphatic carbocycles. The molecule has 1 saturated heterocycles. The van der Waals surface area contributed by atoms with E-state index in [1.165, 1.54) is 0 Å². The molecule has 0 unspecified atom stereocenters. The third-order valence-electron chi connectivity index (χ3n) is 2.46. The second kappa shape index (κ2) is 5.43. The summed E-state index contributed by atoms with van der Waals surface area (Å²) in [5.74, 6) is 0.0933. The van der Waals surface area contributed by atoms with Crippen LogP contribution in [0.2, 0.25) is 5.02 Å². The van der Waals surface area contributed by atoms with E-state index < -0.39 is 0 Å². The van der Waals surface area contributed by atoms with Crippen molar-refractivity contribution in [2.75, 3.05) is 13.2 Å². The minimum Gasteiger partial charge on any atom is -0.350 e. The number of ether oxygens (including phenoxy) is 2. The summed E-state index contributed by atoms with van der Waals surface area (Å²) in [6.07, 6.45) is 0.838. The van der Waals surface area contributed by atoms with Gasteiger partial charge in [0.1, 0.15) is 0 Å². The Bertz CT molecular complexity index is 355. The molecule has 1 fully saturated rings. The van der Waals surface area contributed by atoms with E-state index in [4.69, 9.17) is 21.1 Å². The Labute approximate surface area is 99.3 Å². The maximum atomic E-state index is 11.8. The van der Waals surface area contributed by atoms with E-state index in [9.17, 15) is 4.79 Å². The average molecular weight is 241 g/mol. The molecule has 0 spiro atoms. The highest BCUT2D eigenvalue weighted by atomic mass is 35.5. The van der Waals surface area contributed by atoms with Crippen molar-refractivity contribution in [1.82, 2.24) is 0 Å². The fourth-order valence-corrected chi connectivity index (χ4v) is 1.73. The number of halogens is 1. The van der Waals surface area contributed by atoms with Gasteiger partial charge in [-0.15, -0.1) is 0 Å². The van der Waals surface area contributed by atoms with Crippen molar-refractivity contribution in [3.63, 3.8) is 0 Å². The summed E-state index contributed by atoms with van der Waals surface area (Å²) in [7, 11) is 0. The molecule has 1 aliphatic heterocycles. The van der Waals surface area contributed by atoms with Gasteiger partial charge in [0.2, 0.25) is 0 Å². The van der Waals surface area contributed by atoms with Crippen LogP contribution in [0.4, 0.5) is 0 Å². The van der Waals surface area contributed by atoms with Crippen LogP contribution >= 0.6 is 11.6 Å². The number of carbonyl (C=O) groups excluding carboxylic acids is 1. The van der Waals surface area contributed by atoms with Crippen molar-refractivity contribution in [2.45, 2.75) is 19.1 Å². The summed E-state index contributed by atoms with van der Waals surface area (Å²) in [5, 5.41) is 0.638. The lowest BCUT2D eigenvalue weighted by atomic mass is 10.1. The molecule has 0 aromatic heterocycles. The minimum absolute atomic E-state index is 0.0933. The number of ketones is 1. The first-order chi connectivity index (χ1) is 7.75. The van der Waals surface area contributed by atoms with Crippen molar-refractivity contribution in [3.05, 3.63) is 34.9 Å². The Morgan fingerprint density at radius 3 is 2.50 bits per heavy atom. The molecule has 4 heteroatoms. The summed E-state index contributed by atoms with van der Waals surface area (Å²) in [4.78, 5) is 11.8. The van der Waals surface area contributed by atoms with E-state index in [1.807, 2.05) is 0 Å². The zero-order valence-corrected chi connectivity index (χ0v) is 9.57. The van der Waals surface area contributed by atoms with Crippen molar-refractivity contribution >= 4 is 17.4 Å². The molecule has 1 aromatic rings. The Kier molecular flexibility index (Phi) is 3.93. The summed E-state index contributed by atoms with van der Waals surface area (Å²) in [6.45, 7) is 1.25. The van der Waals surface area contributed by atoms with Crippen molar-refractivity contribution in [3.8, 4) is 0 Å². The van der Waals surface area contributed by atoms with E-state index in [-0.39, 0.29) is 12.1 Å². The zero-order chi connectivity index (χ0) is 11.4. The van der Waals surface area contributed by atoms with Crippen LogP contribution in [-0.4, -0.2) is 25.3 Å². The zero-order valence-electron chi connectivity index (χ0n) is 8.82. The SMILES string of the molecule is O=C(CCC1OCCO1)c1ccc(Cl)cc1. The third-order valence-corrected chi connectivity index (χ3v) is 2.72. The second-order valence-corrected chi connectivity index (χ2v) is 4.08. The number of Topliss-reactive ketones (excluding diaryl/α,β-unsaturated/α-hetero) is 1. The molecule has 1 heterocycles. The molecule has 16 heavy (non-hydrogen) atoms. The average Bonchev–Trinajstić information content (AvgIpc) is 2.80. The normalized spacial score (nSPS) is 16.6. The molecule has 3 nitrogen and oxygen atoms in total. The van der Waals surface area contributed by atoms with Crippen LogP contribution < -0.4 is 0 Å². The second-order valence-electron chi connectivity index (χ2n) is 3.64. The maximum Gasteiger partial charge on any atom is 0.163 e. The highest BCUT2D eigenvalue weighted by Gasteiger charge is 2.17. The standard InChI is InChI=1S/C12H13ClO3/c13-10-3-1-9(2-4-10)11(14)5-6-12-15-7-8-16-12/h1-4,12H,5-8H2. The third kappa shape index (κ3) is 3.04. The molecule has 0 radical (unpaired) electrons. The van der Waals surface area contributed by atoms with Gasteiger partial charge in [-0.1, -0.05) is 11.6 Å². The fraction of sp³-hybridized carbons (Fsp3) is 0.417. The largest absolute Gasteiger partial charge is 0.350 e. The summed E-state index contributed by atoms with van der Waals surface area (Å²) >= 11 is 5.75. The van der Waals surface area contributed by atoms with E-state index >= 15 is 0 Å². The first-order valence-corrected chi connectivity index (χ1v) is 5.65. The molecule has 0 saturated carbocycles. The first-order valence-electron chi connectivity index (χ1n) is 5.28. The van der Waals surface area contributed by atoms with Gasteiger partial charge in [0.15, 0.2) is 12.1 Å². The lowest BCUT2D eigenvalue weighted by molar-refractivity contribution is -0.0464. The Morgan fingerprint density at radius 1 is 1.25 bits per heavy atom. The van der Waals surface area contributed by atoms with Gasteiger partial charge in [0.25, 0.3) is 0 Å². The molecular weight excluding hydrogens is 228 g/mol. The molecule has 0 bridgehead atoms. The molecule has 1 aromatic carbocycles. The van der Waals surface area contributed by atoms with Gasteiger partial charge < -0.3 is 9.47 Å². The number of carbonyl (C=O) groups is 1. The molecule has 0 amide bonds. The molecule has 1 aliphatic rings. The fourth-order valence-electron chi connectivity index (χ4n) is 1.60. The smallest absolute Gasteiger partial charge is 0.163 e. The molecule has 0 N–H and O–H groups in total. The number of hydrogen-bond donors (Lipinski definition) is 0. The lowest BCUT2D eigenvalue weighted by Crippen LogP contribution is -2.10. The molecule has 0 atom stereocenters. The van der Waals surface area contributed by atoms with E-state index in [0.717, 1.165) is 0 Å². The lowest BCUT2D eigenvalue weighted by Gasteiger charge is -2.07. The van der Waals surface area contributed by atoms with Gasteiger partial charge in [-0.05, 0) is 24.3 Å². The Balaban J connectivity index is 1.85. The highest BCUT2D eigenvalue weighted by Crippen LogP contribution is 2.15. The highest BCUT2D eigenvalue weighted by molar-refractivity contribution is 6.30. The number of benzene rings is 1. The van der Waals surface area contributed by atoms with Crippen LogP contribution in [0.3, 0.4) is 0 Å². The molecule has 2 rings (SSSR count). The van der Waals surface area contributed by atoms with Crippen molar-refractivity contribution in [1.29, 1.82) is 0 Å². The van der Waals surface area contributed by atoms with Gasteiger partial charge in [0.05, 0.1) is 13.2 Å². The monoisotopic (exact) mass is 240 g/mol.